The zero-order valence-corrected chi connectivity index (χ0v) is 12.1. The van der Waals surface area contributed by atoms with Crippen LogP contribution in [0.5, 0.6) is 0 Å². The Hall–Kier alpha value is -1.43. The van der Waals surface area contributed by atoms with Crippen molar-refractivity contribution in [3.63, 3.8) is 0 Å². The third-order valence-electron chi connectivity index (χ3n) is 2.71. The first-order valence-corrected chi connectivity index (χ1v) is 7.94. The van der Waals surface area contributed by atoms with Crippen LogP contribution in [0.15, 0.2) is 48.5 Å². The van der Waals surface area contributed by atoms with Crippen LogP contribution in [0.4, 0.5) is 4.39 Å². The third kappa shape index (κ3) is 4.30. The highest BCUT2D eigenvalue weighted by Crippen LogP contribution is 2.15. The van der Waals surface area contributed by atoms with E-state index in [-0.39, 0.29) is 12.3 Å². The van der Waals surface area contributed by atoms with Gasteiger partial charge in [0.2, 0.25) is 10.0 Å². The van der Waals surface area contributed by atoms with Crippen molar-refractivity contribution in [3.8, 4) is 0 Å². The fraction of sp³-hybridized carbons (Fsp3) is 0.143. The predicted octanol–water partition coefficient (Wildman–Crippen LogP) is 3.10. The molecule has 0 saturated heterocycles. The van der Waals surface area contributed by atoms with Gasteiger partial charge in [0.15, 0.2) is 0 Å². The van der Waals surface area contributed by atoms with Crippen LogP contribution in [0.3, 0.4) is 0 Å². The molecule has 2 aromatic carbocycles. The molecule has 0 aromatic heterocycles. The van der Waals surface area contributed by atoms with Crippen LogP contribution in [-0.4, -0.2) is 8.42 Å². The summed E-state index contributed by atoms with van der Waals surface area (Å²) in [5, 5.41) is 0.511. The topological polar surface area (TPSA) is 46.2 Å². The van der Waals surface area contributed by atoms with Gasteiger partial charge in [-0.2, -0.15) is 0 Å². The van der Waals surface area contributed by atoms with Crippen LogP contribution in [0.25, 0.3) is 0 Å². The molecule has 0 aliphatic carbocycles. The summed E-state index contributed by atoms with van der Waals surface area (Å²) in [7, 11) is -3.49. The summed E-state index contributed by atoms with van der Waals surface area (Å²) >= 11 is 5.95. The molecular formula is C14H13ClFNO2S. The van der Waals surface area contributed by atoms with Crippen molar-refractivity contribution in [2.45, 2.75) is 12.3 Å². The highest BCUT2D eigenvalue weighted by Gasteiger charge is 2.12. The summed E-state index contributed by atoms with van der Waals surface area (Å²) < 4.78 is 39.1. The molecule has 0 unspecified atom stereocenters. The number of hydrogen-bond acceptors (Lipinski definition) is 2. The highest BCUT2D eigenvalue weighted by molar-refractivity contribution is 7.88. The minimum Gasteiger partial charge on any atom is -0.212 e. The fourth-order valence-corrected chi connectivity index (χ4v) is 2.99. The molecule has 2 aromatic rings. The van der Waals surface area contributed by atoms with Crippen LogP contribution < -0.4 is 4.72 Å². The number of halogens is 2. The highest BCUT2D eigenvalue weighted by atomic mass is 35.5. The molecule has 3 nitrogen and oxygen atoms in total. The Morgan fingerprint density at radius 1 is 1.05 bits per heavy atom. The van der Waals surface area contributed by atoms with Crippen molar-refractivity contribution in [1.82, 2.24) is 4.72 Å². The Balaban J connectivity index is 2.01. The van der Waals surface area contributed by atoms with Crippen molar-refractivity contribution in [2.75, 3.05) is 0 Å². The van der Waals surface area contributed by atoms with E-state index in [0.717, 1.165) is 0 Å². The average Bonchev–Trinajstić information content (AvgIpc) is 2.40. The molecule has 0 saturated carbocycles. The van der Waals surface area contributed by atoms with E-state index in [1.54, 1.807) is 24.3 Å². The maximum Gasteiger partial charge on any atom is 0.216 e. The summed E-state index contributed by atoms with van der Waals surface area (Å²) in [6.07, 6.45) is 0. The molecule has 0 fully saturated rings. The first kappa shape index (κ1) is 15.0. The van der Waals surface area contributed by atoms with Crippen LogP contribution >= 0.6 is 11.6 Å². The quantitative estimate of drug-likeness (QED) is 0.922. The molecule has 20 heavy (non-hydrogen) atoms. The molecule has 0 aliphatic heterocycles. The van der Waals surface area contributed by atoms with Gasteiger partial charge < -0.3 is 0 Å². The second kappa shape index (κ2) is 6.35. The second-order valence-corrected chi connectivity index (χ2v) is 6.51. The standard InChI is InChI=1S/C14H13ClFNO2S/c15-14-4-2-1-3-12(14)9-17-20(18,19)10-11-5-7-13(16)8-6-11/h1-8,17H,9-10H2. The van der Waals surface area contributed by atoms with Crippen molar-refractivity contribution in [1.29, 1.82) is 0 Å². The van der Waals surface area contributed by atoms with Crippen LogP contribution in [0, 0.1) is 5.82 Å². The summed E-state index contributed by atoms with van der Waals surface area (Å²) in [5.41, 5.74) is 1.23. The van der Waals surface area contributed by atoms with Gasteiger partial charge in [-0.1, -0.05) is 41.9 Å². The molecule has 2 rings (SSSR count). The number of sulfonamides is 1. The minimum absolute atomic E-state index is 0.128. The Kier molecular flexibility index (Phi) is 4.75. The molecule has 0 bridgehead atoms. The van der Waals surface area contributed by atoms with Gasteiger partial charge in [-0.3, -0.25) is 0 Å². The van der Waals surface area contributed by atoms with E-state index in [4.69, 9.17) is 11.6 Å². The first-order valence-electron chi connectivity index (χ1n) is 5.91. The second-order valence-electron chi connectivity index (χ2n) is 4.30. The van der Waals surface area contributed by atoms with Gasteiger partial charge in [-0.15, -0.1) is 0 Å². The summed E-state index contributed by atoms with van der Waals surface area (Å²) in [6.45, 7) is 0.128. The lowest BCUT2D eigenvalue weighted by Gasteiger charge is -2.08. The van der Waals surface area contributed by atoms with Gasteiger partial charge in [0, 0.05) is 11.6 Å². The Morgan fingerprint density at radius 3 is 2.35 bits per heavy atom. The molecule has 106 valence electrons. The largest absolute Gasteiger partial charge is 0.216 e. The normalized spacial score (nSPS) is 11.5. The number of hydrogen-bond donors (Lipinski definition) is 1. The maximum atomic E-state index is 12.8. The van der Waals surface area contributed by atoms with E-state index in [9.17, 15) is 12.8 Å². The lowest BCUT2D eigenvalue weighted by atomic mass is 10.2. The van der Waals surface area contributed by atoms with Crippen LogP contribution in [-0.2, 0) is 22.3 Å². The van der Waals surface area contributed by atoms with Crippen molar-refractivity contribution in [2.24, 2.45) is 0 Å². The Labute approximate surface area is 122 Å². The van der Waals surface area contributed by atoms with Crippen molar-refractivity contribution in [3.05, 3.63) is 70.5 Å². The molecular weight excluding hydrogens is 301 g/mol. The SMILES string of the molecule is O=S(=O)(Cc1ccc(F)cc1)NCc1ccccc1Cl. The van der Waals surface area contributed by atoms with Crippen LogP contribution in [0.2, 0.25) is 5.02 Å². The van der Waals surface area contributed by atoms with E-state index < -0.39 is 15.8 Å². The monoisotopic (exact) mass is 313 g/mol. The van der Waals surface area contributed by atoms with E-state index >= 15 is 0 Å². The number of nitrogens with one attached hydrogen (secondary N) is 1. The number of rotatable bonds is 5. The summed E-state index contributed by atoms with van der Waals surface area (Å²) in [6, 6.07) is 12.4. The molecule has 0 atom stereocenters. The van der Waals surface area contributed by atoms with E-state index in [2.05, 4.69) is 4.72 Å². The van der Waals surface area contributed by atoms with E-state index in [1.807, 2.05) is 0 Å². The summed E-state index contributed by atoms with van der Waals surface area (Å²) in [4.78, 5) is 0. The van der Waals surface area contributed by atoms with Gasteiger partial charge in [0.1, 0.15) is 5.82 Å². The maximum absolute atomic E-state index is 12.8. The predicted molar refractivity (Wildman–Crippen MR) is 77.3 cm³/mol. The Morgan fingerprint density at radius 2 is 1.70 bits per heavy atom. The summed E-state index contributed by atoms with van der Waals surface area (Å²) in [5.74, 6) is -0.590. The van der Waals surface area contributed by atoms with E-state index in [1.165, 1.54) is 24.3 Å². The van der Waals surface area contributed by atoms with Gasteiger partial charge in [0.25, 0.3) is 0 Å². The fourth-order valence-electron chi connectivity index (χ4n) is 1.68. The molecule has 0 aliphatic rings. The molecule has 0 spiro atoms. The van der Waals surface area contributed by atoms with Gasteiger partial charge >= 0.3 is 0 Å². The Bertz CT molecular complexity index is 687. The first-order chi connectivity index (χ1) is 9.46. The molecule has 6 heteroatoms. The zero-order valence-electron chi connectivity index (χ0n) is 10.5. The van der Waals surface area contributed by atoms with E-state index in [0.29, 0.717) is 16.1 Å². The molecule has 0 amide bonds. The average molecular weight is 314 g/mol. The van der Waals surface area contributed by atoms with Crippen molar-refractivity contribution >= 4 is 21.6 Å². The lowest BCUT2D eigenvalue weighted by Crippen LogP contribution is -2.24. The zero-order chi connectivity index (χ0) is 14.6. The van der Waals surface area contributed by atoms with Gasteiger partial charge in [0.05, 0.1) is 5.75 Å². The van der Waals surface area contributed by atoms with Crippen LogP contribution in [0.1, 0.15) is 11.1 Å². The molecule has 1 N–H and O–H groups in total. The van der Waals surface area contributed by atoms with Crippen molar-refractivity contribution < 1.29 is 12.8 Å². The van der Waals surface area contributed by atoms with Gasteiger partial charge in [-0.25, -0.2) is 17.5 Å². The lowest BCUT2D eigenvalue weighted by molar-refractivity contribution is 0.580. The number of benzene rings is 2. The molecule has 0 radical (unpaired) electrons. The minimum atomic E-state index is -3.49. The third-order valence-corrected chi connectivity index (χ3v) is 4.38. The molecule has 0 heterocycles. The van der Waals surface area contributed by atoms with Gasteiger partial charge in [-0.05, 0) is 29.3 Å². The smallest absolute Gasteiger partial charge is 0.212 e.